The summed E-state index contributed by atoms with van der Waals surface area (Å²) in [6.45, 7) is 2.16. The van der Waals surface area contributed by atoms with Crippen LogP contribution in [0.2, 0.25) is 0 Å². The average Bonchev–Trinajstić information content (AvgIpc) is 2.80. The third kappa shape index (κ3) is 4.46. The van der Waals surface area contributed by atoms with Gasteiger partial charge in [0.25, 0.3) is 11.5 Å². The van der Waals surface area contributed by atoms with Gasteiger partial charge in [-0.3, -0.25) is 9.59 Å². The molecule has 0 saturated carbocycles. The predicted octanol–water partition coefficient (Wildman–Crippen LogP) is 2.79. The Kier molecular flexibility index (Phi) is 6.48. The Balaban J connectivity index is 1.91. The zero-order chi connectivity index (χ0) is 22.4. The molecule has 3 aromatic rings. The average molecular weight is 416 g/mol. The number of nitrogens with zero attached hydrogens (tertiary/aromatic N) is 3. The quantitative estimate of drug-likeness (QED) is 0.277. The van der Waals surface area contributed by atoms with Crippen LogP contribution < -0.4 is 15.7 Å². The lowest BCUT2D eigenvalue weighted by Gasteiger charge is -2.12. The highest BCUT2D eigenvalue weighted by molar-refractivity contribution is 6.03. The van der Waals surface area contributed by atoms with Gasteiger partial charge in [-0.1, -0.05) is 12.1 Å². The number of carbonyl (C=O) groups excluding carboxylic acids is 1. The Morgan fingerprint density at radius 2 is 1.97 bits per heavy atom. The second kappa shape index (κ2) is 9.41. The molecule has 2 N–H and O–H groups in total. The monoisotopic (exact) mass is 416 g/mol. The Hall–Kier alpha value is -4.38. The number of aromatic hydroxyl groups is 1. The molecule has 2 aromatic carbocycles. The molecule has 0 saturated heterocycles. The van der Waals surface area contributed by atoms with Crippen molar-refractivity contribution in [3.63, 3.8) is 0 Å². The van der Waals surface area contributed by atoms with E-state index in [1.807, 2.05) is 0 Å². The minimum Gasteiger partial charge on any atom is -0.506 e. The summed E-state index contributed by atoms with van der Waals surface area (Å²) in [5.41, 5.74) is 2.53. The Morgan fingerprint density at radius 3 is 2.61 bits per heavy atom. The van der Waals surface area contributed by atoms with Crippen LogP contribution in [0.3, 0.4) is 0 Å². The van der Waals surface area contributed by atoms with E-state index < -0.39 is 11.5 Å². The fourth-order valence-corrected chi connectivity index (χ4v) is 3.06. The summed E-state index contributed by atoms with van der Waals surface area (Å²) in [5.74, 6) is -0.404. The number of para-hydroxylation sites is 1. The van der Waals surface area contributed by atoms with Crippen molar-refractivity contribution >= 4 is 29.1 Å². The van der Waals surface area contributed by atoms with Gasteiger partial charge >= 0.3 is 0 Å². The molecule has 0 fully saturated rings. The van der Waals surface area contributed by atoms with Crippen molar-refractivity contribution in [2.75, 3.05) is 7.11 Å². The van der Waals surface area contributed by atoms with Crippen LogP contribution in [0, 0.1) is 11.3 Å². The number of pyridine rings is 1. The summed E-state index contributed by atoms with van der Waals surface area (Å²) < 4.78 is 6.54. The number of nitriles is 1. The van der Waals surface area contributed by atoms with Crippen molar-refractivity contribution < 1.29 is 14.6 Å². The Labute approximate surface area is 178 Å². The largest absolute Gasteiger partial charge is 0.506 e. The molecule has 0 spiro atoms. The van der Waals surface area contributed by atoms with Crippen LogP contribution >= 0.6 is 0 Å². The van der Waals surface area contributed by atoms with E-state index >= 15 is 0 Å². The maximum Gasteiger partial charge on any atom is 0.282 e. The number of methoxy groups -OCH3 is 1. The van der Waals surface area contributed by atoms with Crippen LogP contribution in [0.4, 0.5) is 0 Å². The van der Waals surface area contributed by atoms with Gasteiger partial charge in [-0.2, -0.15) is 10.4 Å². The minimum absolute atomic E-state index is 0.133. The molecule has 0 aliphatic rings. The highest BCUT2D eigenvalue weighted by Gasteiger charge is 2.17. The number of rotatable bonds is 6. The van der Waals surface area contributed by atoms with Crippen molar-refractivity contribution in [2.24, 2.45) is 5.10 Å². The molecule has 1 aromatic heterocycles. The van der Waals surface area contributed by atoms with Gasteiger partial charge < -0.3 is 14.4 Å². The van der Waals surface area contributed by atoms with E-state index in [-0.39, 0.29) is 16.9 Å². The summed E-state index contributed by atoms with van der Waals surface area (Å²) in [7, 11) is 1.56. The first-order chi connectivity index (χ1) is 15.0. The maximum atomic E-state index is 12.8. The van der Waals surface area contributed by atoms with E-state index in [2.05, 4.69) is 10.5 Å². The molecule has 0 bridgehead atoms. The smallest absolute Gasteiger partial charge is 0.282 e. The zero-order valence-electron chi connectivity index (χ0n) is 17.0. The van der Waals surface area contributed by atoms with Crippen molar-refractivity contribution in [3.8, 4) is 17.6 Å². The van der Waals surface area contributed by atoms with Crippen LogP contribution in [0.15, 0.2) is 64.0 Å². The predicted molar refractivity (Wildman–Crippen MR) is 118 cm³/mol. The molecule has 0 unspecified atom stereocenters. The summed E-state index contributed by atoms with van der Waals surface area (Å²) in [4.78, 5) is 25.2. The minimum atomic E-state index is -0.803. The molecular formula is C23H20N4O4. The molecule has 8 nitrogen and oxygen atoms in total. The topological polar surface area (TPSA) is 117 Å². The summed E-state index contributed by atoms with van der Waals surface area (Å²) in [6, 6.07) is 15.6. The lowest BCUT2D eigenvalue weighted by Crippen LogP contribution is -2.23. The molecule has 0 aliphatic heterocycles. The molecule has 8 heteroatoms. The number of carbonyl (C=O) groups is 1. The van der Waals surface area contributed by atoms with Gasteiger partial charge in [0, 0.05) is 11.9 Å². The van der Waals surface area contributed by atoms with E-state index in [1.165, 1.54) is 10.8 Å². The molecule has 31 heavy (non-hydrogen) atoms. The fraction of sp³-hybridized carbons (Fsp3) is 0.130. The van der Waals surface area contributed by atoms with Crippen LogP contribution in [-0.2, 0) is 11.3 Å². The molecular weight excluding hydrogens is 396 g/mol. The highest BCUT2D eigenvalue weighted by Crippen LogP contribution is 2.27. The van der Waals surface area contributed by atoms with Gasteiger partial charge in [0.1, 0.15) is 23.1 Å². The fourth-order valence-electron chi connectivity index (χ4n) is 3.06. The number of nitrogens with one attached hydrogen (secondary N) is 1. The number of hydrogen-bond donors (Lipinski definition) is 2. The maximum absolute atomic E-state index is 12.8. The lowest BCUT2D eigenvalue weighted by atomic mass is 10.1. The van der Waals surface area contributed by atoms with Crippen molar-refractivity contribution in [2.45, 2.75) is 13.5 Å². The summed E-state index contributed by atoms with van der Waals surface area (Å²) in [6.07, 6.45) is 2.48. The van der Waals surface area contributed by atoms with Crippen molar-refractivity contribution in [1.29, 1.82) is 5.26 Å². The lowest BCUT2D eigenvalue weighted by molar-refractivity contribution is -0.117. The van der Waals surface area contributed by atoms with Crippen LogP contribution in [0.25, 0.3) is 17.0 Å². The SMILES string of the molecule is CCn1c(=O)c(C=C(C#N)C(=O)NN=Cc2ccc(OC)cc2)c(O)c2ccccc21. The van der Waals surface area contributed by atoms with Gasteiger partial charge in [0.15, 0.2) is 0 Å². The van der Waals surface area contributed by atoms with E-state index in [0.717, 1.165) is 6.08 Å². The van der Waals surface area contributed by atoms with E-state index in [4.69, 9.17) is 4.74 Å². The first-order valence-electron chi connectivity index (χ1n) is 9.43. The van der Waals surface area contributed by atoms with Gasteiger partial charge in [-0.05, 0) is 55.0 Å². The molecule has 3 rings (SSSR count). The van der Waals surface area contributed by atoms with Gasteiger partial charge in [0.2, 0.25) is 0 Å². The van der Waals surface area contributed by atoms with E-state index in [0.29, 0.717) is 28.8 Å². The molecule has 0 atom stereocenters. The Bertz CT molecular complexity index is 1280. The van der Waals surface area contributed by atoms with Crippen molar-refractivity contribution in [1.82, 2.24) is 9.99 Å². The summed E-state index contributed by atoms with van der Waals surface area (Å²) >= 11 is 0. The first-order valence-corrected chi connectivity index (χ1v) is 9.43. The number of benzene rings is 2. The number of aromatic nitrogens is 1. The third-order valence-electron chi connectivity index (χ3n) is 4.65. The second-order valence-electron chi connectivity index (χ2n) is 6.47. The van der Waals surface area contributed by atoms with Gasteiger partial charge in [-0.15, -0.1) is 0 Å². The number of amides is 1. The van der Waals surface area contributed by atoms with Crippen LogP contribution in [0.1, 0.15) is 18.1 Å². The molecule has 0 radical (unpaired) electrons. The third-order valence-corrected chi connectivity index (χ3v) is 4.65. The number of hydrogen-bond acceptors (Lipinski definition) is 6. The zero-order valence-corrected chi connectivity index (χ0v) is 17.0. The van der Waals surface area contributed by atoms with E-state index in [1.54, 1.807) is 68.6 Å². The van der Waals surface area contributed by atoms with E-state index in [9.17, 15) is 20.0 Å². The van der Waals surface area contributed by atoms with Crippen LogP contribution in [0.5, 0.6) is 11.5 Å². The number of aryl methyl sites for hydroxylation is 1. The molecule has 1 heterocycles. The molecule has 0 aliphatic carbocycles. The second-order valence-corrected chi connectivity index (χ2v) is 6.47. The highest BCUT2D eigenvalue weighted by atomic mass is 16.5. The Morgan fingerprint density at radius 1 is 1.26 bits per heavy atom. The normalized spacial score (nSPS) is 11.5. The van der Waals surface area contributed by atoms with Crippen LogP contribution in [-0.4, -0.2) is 28.9 Å². The standard InChI is InChI=1S/C23H20N4O4/c1-3-27-20-7-5-4-6-18(20)21(28)19(23(27)30)12-16(13-24)22(29)26-25-14-15-8-10-17(31-2)11-9-15/h4-12,14,28H,3H2,1-2H3,(H,26,29). The van der Waals surface area contributed by atoms with Gasteiger partial charge in [-0.25, -0.2) is 5.43 Å². The van der Waals surface area contributed by atoms with Crippen molar-refractivity contribution in [3.05, 3.63) is 75.6 Å². The molecule has 1 amide bonds. The number of hydrazone groups is 1. The number of fused-ring (bicyclic) bond motifs is 1. The number of ether oxygens (including phenoxy) is 1. The summed E-state index contributed by atoms with van der Waals surface area (Å²) in [5, 5.41) is 24.3. The van der Waals surface area contributed by atoms with Gasteiger partial charge in [0.05, 0.1) is 24.4 Å². The molecule has 156 valence electrons. The first kappa shape index (κ1) is 21.3.